The quantitative estimate of drug-likeness (QED) is 0.617. The van der Waals surface area contributed by atoms with Gasteiger partial charge in [-0.05, 0) is 25.7 Å². The zero-order valence-corrected chi connectivity index (χ0v) is 11.5. The highest BCUT2D eigenvalue weighted by Gasteiger charge is 2.47. The normalized spacial score (nSPS) is 29.9. The molecule has 1 N–H and O–H groups in total. The third-order valence-electron chi connectivity index (χ3n) is 4.62. The molecule has 20 heavy (non-hydrogen) atoms. The molecule has 108 valence electrons. The summed E-state index contributed by atoms with van der Waals surface area (Å²) < 4.78 is 0. The molecule has 1 saturated carbocycles. The lowest BCUT2D eigenvalue weighted by molar-refractivity contribution is -0.143. The van der Waals surface area contributed by atoms with Crippen molar-refractivity contribution >= 4 is 17.7 Å². The number of carbonyl (C=O) groups is 3. The molecule has 0 radical (unpaired) electrons. The van der Waals surface area contributed by atoms with Crippen molar-refractivity contribution in [1.82, 2.24) is 10.2 Å². The maximum absolute atomic E-state index is 12.2. The summed E-state index contributed by atoms with van der Waals surface area (Å²) in [6.45, 7) is -0.110. The minimum atomic E-state index is -0.244. The number of nitrogens with zero attached hydrogens (tertiary/aromatic N) is 1. The smallest absolute Gasteiger partial charge is 0.240 e. The summed E-state index contributed by atoms with van der Waals surface area (Å²) in [5.74, 6) is -1.04. The van der Waals surface area contributed by atoms with Gasteiger partial charge < -0.3 is 5.32 Å². The molecule has 2 unspecified atom stereocenters. The Kier molecular flexibility index (Phi) is 3.59. The van der Waals surface area contributed by atoms with Crippen molar-refractivity contribution in [3.63, 3.8) is 0 Å². The first-order valence-electron chi connectivity index (χ1n) is 7.46. The second-order valence-corrected chi connectivity index (χ2v) is 5.97. The van der Waals surface area contributed by atoms with Gasteiger partial charge in [0.15, 0.2) is 0 Å². The van der Waals surface area contributed by atoms with Crippen molar-refractivity contribution in [2.45, 2.75) is 44.6 Å². The number of fused-ring (bicyclic) bond motifs is 1. The van der Waals surface area contributed by atoms with Crippen LogP contribution in [-0.2, 0) is 14.4 Å². The van der Waals surface area contributed by atoms with E-state index in [1.54, 1.807) is 0 Å². The molecule has 0 bridgehead atoms. The average molecular weight is 276 g/mol. The Morgan fingerprint density at radius 2 is 1.65 bits per heavy atom. The Morgan fingerprint density at radius 1 is 1.10 bits per heavy atom. The van der Waals surface area contributed by atoms with Gasteiger partial charge in [-0.3, -0.25) is 19.3 Å². The van der Waals surface area contributed by atoms with E-state index in [2.05, 4.69) is 5.32 Å². The fraction of sp³-hybridized carbons (Fsp3) is 0.667. The van der Waals surface area contributed by atoms with E-state index in [1.807, 2.05) is 12.2 Å². The fourth-order valence-electron chi connectivity index (χ4n) is 3.51. The Balaban J connectivity index is 1.61. The summed E-state index contributed by atoms with van der Waals surface area (Å²) in [5, 5.41) is 2.93. The van der Waals surface area contributed by atoms with Gasteiger partial charge in [-0.1, -0.05) is 25.0 Å². The maximum atomic E-state index is 12.2. The maximum Gasteiger partial charge on any atom is 0.240 e. The van der Waals surface area contributed by atoms with Gasteiger partial charge in [0, 0.05) is 6.04 Å². The monoisotopic (exact) mass is 276 g/mol. The molecule has 2 atom stereocenters. The molecule has 0 aromatic heterocycles. The highest BCUT2D eigenvalue weighted by Crippen LogP contribution is 2.34. The summed E-state index contributed by atoms with van der Waals surface area (Å²) >= 11 is 0. The minimum absolute atomic E-state index is 0.110. The van der Waals surface area contributed by atoms with Gasteiger partial charge in [0.25, 0.3) is 0 Å². The molecule has 5 heteroatoms. The third kappa shape index (κ3) is 2.37. The van der Waals surface area contributed by atoms with E-state index in [-0.39, 0.29) is 42.1 Å². The highest BCUT2D eigenvalue weighted by molar-refractivity contribution is 6.07. The van der Waals surface area contributed by atoms with E-state index >= 15 is 0 Å². The number of rotatable bonds is 3. The molecule has 1 heterocycles. The predicted molar refractivity (Wildman–Crippen MR) is 72.5 cm³/mol. The molecule has 3 aliphatic rings. The van der Waals surface area contributed by atoms with Gasteiger partial charge in [0.05, 0.1) is 11.8 Å². The van der Waals surface area contributed by atoms with Crippen molar-refractivity contribution in [3.8, 4) is 0 Å². The third-order valence-corrected chi connectivity index (χ3v) is 4.62. The molecule has 0 aromatic carbocycles. The molecular formula is C15H20N2O3. The van der Waals surface area contributed by atoms with Crippen molar-refractivity contribution in [2.75, 3.05) is 6.54 Å². The number of hydrogen-bond donors (Lipinski definition) is 1. The zero-order valence-electron chi connectivity index (χ0n) is 11.5. The second kappa shape index (κ2) is 5.38. The molecule has 0 aromatic rings. The summed E-state index contributed by atoms with van der Waals surface area (Å²) in [6.07, 6.45) is 9.44. The van der Waals surface area contributed by atoms with E-state index < -0.39 is 0 Å². The van der Waals surface area contributed by atoms with Gasteiger partial charge in [0.2, 0.25) is 17.7 Å². The van der Waals surface area contributed by atoms with E-state index in [0.717, 1.165) is 30.6 Å². The van der Waals surface area contributed by atoms with E-state index in [1.165, 1.54) is 0 Å². The molecule has 1 saturated heterocycles. The number of hydrogen-bond acceptors (Lipinski definition) is 3. The van der Waals surface area contributed by atoms with E-state index in [4.69, 9.17) is 0 Å². The van der Waals surface area contributed by atoms with Gasteiger partial charge in [-0.25, -0.2) is 0 Å². The van der Waals surface area contributed by atoms with Crippen LogP contribution in [0, 0.1) is 11.8 Å². The Hall–Kier alpha value is -1.65. The van der Waals surface area contributed by atoms with Gasteiger partial charge in [-0.2, -0.15) is 0 Å². The molecule has 2 aliphatic carbocycles. The number of imide groups is 1. The summed E-state index contributed by atoms with van der Waals surface area (Å²) in [6, 6.07) is 0.222. The lowest BCUT2D eigenvalue weighted by Gasteiger charge is -2.17. The van der Waals surface area contributed by atoms with Gasteiger partial charge in [-0.15, -0.1) is 0 Å². The van der Waals surface area contributed by atoms with Crippen molar-refractivity contribution in [2.24, 2.45) is 11.8 Å². The van der Waals surface area contributed by atoms with E-state index in [0.29, 0.717) is 12.8 Å². The number of amides is 3. The van der Waals surface area contributed by atoms with Crippen LogP contribution in [0.3, 0.4) is 0 Å². The molecule has 3 amide bonds. The molecule has 0 spiro atoms. The van der Waals surface area contributed by atoms with Crippen LogP contribution in [0.5, 0.6) is 0 Å². The minimum Gasteiger partial charge on any atom is -0.352 e. The van der Waals surface area contributed by atoms with Gasteiger partial charge >= 0.3 is 0 Å². The van der Waals surface area contributed by atoms with Gasteiger partial charge in [0.1, 0.15) is 6.54 Å². The van der Waals surface area contributed by atoms with Crippen LogP contribution in [0.25, 0.3) is 0 Å². The molecular weight excluding hydrogens is 256 g/mol. The summed E-state index contributed by atoms with van der Waals surface area (Å²) in [7, 11) is 0. The first-order chi connectivity index (χ1) is 9.66. The first kappa shape index (κ1) is 13.3. The molecule has 2 fully saturated rings. The number of likely N-dealkylation sites (tertiary alicyclic amines) is 1. The van der Waals surface area contributed by atoms with Crippen LogP contribution < -0.4 is 5.32 Å². The lowest BCUT2D eigenvalue weighted by atomic mass is 9.85. The SMILES string of the molecule is O=C(CN1C(=O)C2CC=CCC2C1=O)NC1CCCC1. The molecule has 5 nitrogen and oxygen atoms in total. The second-order valence-electron chi connectivity index (χ2n) is 5.97. The zero-order chi connectivity index (χ0) is 14.1. The number of nitrogens with one attached hydrogen (secondary N) is 1. The molecule has 1 aliphatic heterocycles. The number of allylic oxidation sites excluding steroid dienone is 2. The van der Waals surface area contributed by atoms with Crippen LogP contribution >= 0.6 is 0 Å². The van der Waals surface area contributed by atoms with Crippen molar-refractivity contribution in [1.29, 1.82) is 0 Å². The van der Waals surface area contributed by atoms with Crippen LogP contribution in [0.15, 0.2) is 12.2 Å². The van der Waals surface area contributed by atoms with Crippen LogP contribution in [-0.4, -0.2) is 35.2 Å². The Bertz CT molecular complexity index is 440. The fourth-order valence-corrected chi connectivity index (χ4v) is 3.51. The first-order valence-corrected chi connectivity index (χ1v) is 7.46. The van der Waals surface area contributed by atoms with Crippen LogP contribution in [0.2, 0.25) is 0 Å². The Labute approximate surface area is 118 Å². The highest BCUT2D eigenvalue weighted by atomic mass is 16.2. The Morgan fingerprint density at radius 3 is 2.20 bits per heavy atom. The lowest BCUT2D eigenvalue weighted by Crippen LogP contribution is -2.43. The summed E-state index contributed by atoms with van der Waals surface area (Å²) in [5.41, 5.74) is 0. The van der Waals surface area contributed by atoms with Crippen LogP contribution in [0.4, 0.5) is 0 Å². The predicted octanol–water partition coefficient (Wildman–Crippen LogP) is 0.996. The topological polar surface area (TPSA) is 66.5 Å². The standard InChI is InChI=1S/C15H20N2O3/c18-13(16-10-5-1-2-6-10)9-17-14(19)11-7-3-4-8-12(11)15(17)20/h3-4,10-12H,1-2,5-9H2,(H,16,18). The van der Waals surface area contributed by atoms with Crippen molar-refractivity contribution < 1.29 is 14.4 Å². The largest absolute Gasteiger partial charge is 0.352 e. The van der Waals surface area contributed by atoms with E-state index in [9.17, 15) is 14.4 Å². The van der Waals surface area contributed by atoms with Crippen LogP contribution in [0.1, 0.15) is 38.5 Å². The molecule has 3 rings (SSSR count). The average Bonchev–Trinajstić information content (AvgIpc) is 3.03. The van der Waals surface area contributed by atoms with Crippen molar-refractivity contribution in [3.05, 3.63) is 12.2 Å². The summed E-state index contributed by atoms with van der Waals surface area (Å²) in [4.78, 5) is 37.6. The number of carbonyl (C=O) groups excluding carboxylic acids is 3.